The summed E-state index contributed by atoms with van der Waals surface area (Å²) in [7, 11) is 0. The molecule has 6 nitrogen and oxygen atoms in total. The number of imidazole rings is 1. The first-order valence-corrected chi connectivity index (χ1v) is 12.1. The Bertz CT molecular complexity index is 1140. The number of H-pyrrole nitrogens is 1. The Kier molecular flexibility index (Phi) is 5.62. The van der Waals surface area contributed by atoms with E-state index in [4.69, 9.17) is 10.00 Å². The third-order valence-electron chi connectivity index (χ3n) is 7.82. The van der Waals surface area contributed by atoms with Gasteiger partial charge >= 0.3 is 0 Å². The molecule has 1 amide bonds. The third-order valence-corrected chi connectivity index (χ3v) is 7.82. The van der Waals surface area contributed by atoms with Gasteiger partial charge in [-0.3, -0.25) is 4.79 Å². The molecule has 0 spiro atoms. The third kappa shape index (κ3) is 4.35. The summed E-state index contributed by atoms with van der Waals surface area (Å²) in [6, 6.07) is 8.47. The predicted molar refractivity (Wildman–Crippen MR) is 128 cm³/mol. The Morgan fingerprint density at radius 2 is 2.18 bits per heavy atom. The second-order valence-corrected chi connectivity index (χ2v) is 10.7. The number of ether oxygens (including phenoxy) is 1. The summed E-state index contributed by atoms with van der Waals surface area (Å²) in [5.74, 6) is 0.780. The van der Waals surface area contributed by atoms with Gasteiger partial charge in [0.1, 0.15) is 6.07 Å². The second kappa shape index (κ2) is 8.46. The molecule has 3 heterocycles. The molecule has 2 aromatic rings. The van der Waals surface area contributed by atoms with Gasteiger partial charge in [0.2, 0.25) is 0 Å². The number of carbonyl (C=O) groups is 1. The molecule has 2 N–H and O–H groups in total. The van der Waals surface area contributed by atoms with Crippen molar-refractivity contribution >= 4 is 17.2 Å². The van der Waals surface area contributed by atoms with Crippen LogP contribution in [0.25, 0.3) is 5.57 Å². The fourth-order valence-electron chi connectivity index (χ4n) is 5.66. The topological polar surface area (TPSA) is 90.8 Å². The largest absolute Gasteiger partial charge is 0.375 e. The molecule has 1 aromatic carbocycles. The molecule has 2 fully saturated rings. The summed E-state index contributed by atoms with van der Waals surface area (Å²) in [4.78, 5) is 19.7. The molecule has 4 atom stereocenters. The van der Waals surface area contributed by atoms with E-state index in [1.54, 1.807) is 0 Å². The maximum atomic E-state index is 12.9. The standard InChI is InChI=1S/C27H32N4O2/c1-16-21(13-20-5-7-24(16)33-20)18-4-6-23(31-26(32)25-29-15-19(14-28)30-25)22(12-18)17-8-10-27(2,3)11-9-17/h4,6,8,12,15-16,20-21,24H,5,7,9-11,13H2,1-3H3,(H,29,30)(H,31,32)/t16-,20+,21?,24-/m0/s1. The van der Waals surface area contributed by atoms with Gasteiger partial charge in [-0.15, -0.1) is 0 Å². The van der Waals surface area contributed by atoms with Crippen molar-refractivity contribution in [1.29, 1.82) is 5.26 Å². The first-order chi connectivity index (χ1) is 15.8. The van der Waals surface area contributed by atoms with E-state index >= 15 is 0 Å². The van der Waals surface area contributed by atoms with Crippen LogP contribution in [0.3, 0.4) is 0 Å². The number of hydrogen-bond donors (Lipinski definition) is 2. The first kappa shape index (κ1) is 21.9. The van der Waals surface area contributed by atoms with Crippen LogP contribution in [0.15, 0.2) is 30.5 Å². The Balaban J connectivity index is 1.48. The van der Waals surface area contributed by atoms with E-state index in [0.29, 0.717) is 29.5 Å². The van der Waals surface area contributed by atoms with Gasteiger partial charge < -0.3 is 15.0 Å². The number of rotatable bonds is 4. The average molecular weight is 445 g/mol. The van der Waals surface area contributed by atoms with Gasteiger partial charge in [-0.05, 0) is 79.0 Å². The van der Waals surface area contributed by atoms with Crippen LogP contribution in [0.4, 0.5) is 5.69 Å². The normalized spacial score (nSPS) is 28.1. The van der Waals surface area contributed by atoms with Crippen LogP contribution < -0.4 is 5.32 Å². The van der Waals surface area contributed by atoms with E-state index in [9.17, 15) is 4.79 Å². The Morgan fingerprint density at radius 1 is 1.33 bits per heavy atom. The lowest BCUT2D eigenvalue weighted by Crippen LogP contribution is -2.32. The molecule has 5 rings (SSSR count). The lowest BCUT2D eigenvalue weighted by molar-refractivity contribution is -0.0379. The zero-order valence-corrected chi connectivity index (χ0v) is 19.6. The Labute approximate surface area is 195 Å². The van der Waals surface area contributed by atoms with Crippen molar-refractivity contribution in [2.75, 3.05) is 5.32 Å². The van der Waals surface area contributed by atoms with Crippen LogP contribution in [-0.2, 0) is 4.74 Å². The van der Waals surface area contributed by atoms with Gasteiger partial charge in [0, 0.05) is 17.4 Å². The number of benzene rings is 1. The van der Waals surface area contributed by atoms with Crippen molar-refractivity contribution in [3.8, 4) is 6.07 Å². The van der Waals surface area contributed by atoms with E-state index in [1.807, 2.05) is 12.1 Å². The molecule has 3 aliphatic rings. The van der Waals surface area contributed by atoms with Crippen molar-refractivity contribution in [2.24, 2.45) is 11.3 Å². The van der Waals surface area contributed by atoms with Crippen LogP contribution in [0, 0.1) is 22.7 Å². The Morgan fingerprint density at radius 3 is 2.91 bits per heavy atom. The highest BCUT2D eigenvalue weighted by atomic mass is 16.5. The maximum absolute atomic E-state index is 12.9. The van der Waals surface area contributed by atoms with E-state index in [1.165, 1.54) is 23.8 Å². The molecule has 0 radical (unpaired) electrons. The highest BCUT2D eigenvalue weighted by Gasteiger charge is 2.41. The molecule has 2 aliphatic heterocycles. The van der Waals surface area contributed by atoms with Gasteiger partial charge in [-0.2, -0.15) is 5.26 Å². The molecule has 2 saturated heterocycles. The molecule has 33 heavy (non-hydrogen) atoms. The fraction of sp³-hybridized carbons (Fsp3) is 0.519. The van der Waals surface area contributed by atoms with E-state index in [-0.39, 0.29) is 17.4 Å². The SMILES string of the molecule is C[C@H]1C(c2ccc(NC(=O)c3nc(C#N)c[nH]3)c(C3=CCC(C)(C)CC3)c2)C[C@H]2CC[C@@H]1O2. The van der Waals surface area contributed by atoms with Gasteiger partial charge in [0.25, 0.3) is 5.91 Å². The summed E-state index contributed by atoms with van der Waals surface area (Å²) in [5.41, 5.74) is 5.05. The van der Waals surface area contributed by atoms with E-state index < -0.39 is 0 Å². The van der Waals surface area contributed by atoms with Crippen molar-refractivity contribution in [2.45, 2.75) is 77.4 Å². The molecule has 1 aromatic heterocycles. The monoisotopic (exact) mass is 444 g/mol. The maximum Gasteiger partial charge on any atom is 0.291 e. The molecule has 2 bridgehead atoms. The Hall–Kier alpha value is -2.91. The second-order valence-electron chi connectivity index (χ2n) is 10.7. The van der Waals surface area contributed by atoms with Crippen LogP contribution in [-0.4, -0.2) is 28.1 Å². The number of aromatic amines is 1. The summed E-state index contributed by atoms with van der Waals surface area (Å²) in [6.45, 7) is 6.93. The summed E-state index contributed by atoms with van der Waals surface area (Å²) < 4.78 is 6.17. The van der Waals surface area contributed by atoms with Gasteiger partial charge in [-0.1, -0.05) is 32.9 Å². The van der Waals surface area contributed by atoms with Crippen molar-refractivity contribution in [3.63, 3.8) is 0 Å². The van der Waals surface area contributed by atoms with Gasteiger partial charge in [0.05, 0.1) is 12.2 Å². The summed E-state index contributed by atoms with van der Waals surface area (Å²) >= 11 is 0. The van der Waals surface area contributed by atoms with Gasteiger partial charge in [-0.25, -0.2) is 4.98 Å². The predicted octanol–water partition coefficient (Wildman–Crippen LogP) is 5.80. The fourth-order valence-corrected chi connectivity index (χ4v) is 5.66. The van der Waals surface area contributed by atoms with Crippen molar-refractivity contribution < 1.29 is 9.53 Å². The van der Waals surface area contributed by atoms with Crippen LogP contribution >= 0.6 is 0 Å². The minimum absolute atomic E-state index is 0.148. The minimum Gasteiger partial charge on any atom is -0.375 e. The van der Waals surface area contributed by atoms with Crippen LogP contribution in [0.1, 0.15) is 92.7 Å². The smallest absolute Gasteiger partial charge is 0.291 e. The summed E-state index contributed by atoms with van der Waals surface area (Å²) in [6.07, 6.45) is 11.1. The number of nitriles is 1. The zero-order chi connectivity index (χ0) is 23.2. The lowest BCUT2D eigenvalue weighted by atomic mass is 9.75. The summed E-state index contributed by atoms with van der Waals surface area (Å²) in [5, 5.41) is 12.1. The highest BCUT2D eigenvalue weighted by molar-refractivity contribution is 6.03. The number of allylic oxidation sites excluding steroid dienone is 2. The number of anilines is 1. The first-order valence-electron chi connectivity index (χ1n) is 12.1. The molecular formula is C27H32N4O2. The number of nitrogens with zero attached hydrogens (tertiary/aromatic N) is 2. The van der Waals surface area contributed by atoms with Gasteiger partial charge in [0.15, 0.2) is 11.5 Å². The number of hydrogen-bond acceptors (Lipinski definition) is 4. The molecule has 1 unspecified atom stereocenters. The van der Waals surface area contributed by atoms with Crippen molar-refractivity contribution in [3.05, 3.63) is 53.1 Å². The number of nitrogens with one attached hydrogen (secondary N) is 2. The lowest BCUT2D eigenvalue weighted by Gasteiger charge is -2.35. The van der Waals surface area contributed by atoms with E-state index in [2.05, 4.69) is 54.3 Å². The molecule has 0 saturated carbocycles. The number of fused-ring (bicyclic) bond motifs is 2. The van der Waals surface area contributed by atoms with Crippen LogP contribution in [0.5, 0.6) is 0 Å². The zero-order valence-electron chi connectivity index (χ0n) is 19.6. The molecule has 1 aliphatic carbocycles. The average Bonchev–Trinajstić information content (AvgIpc) is 3.44. The number of amides is 1. The molecular weight excluding hydrogens is 412 g/mol. The number of carbonyl (C=O) groups excluding carboxylic acids is 1. The van der Waals surface area contributed by atoms with Crippen LogP contribution in [0.2, 0.25) is 0 Å². The quantitative estimate of drug-likeness (QED) is 0.624. The van der Waals surface area contributed by atoms with Crippen molar-refractivity contribution in [1.82, 2.24) is 9.97 Å². The molecule has 172 valence electrons. The number of aromatic nitrogens is 2. The molecule has 6 heteroatoms. The van der Waals surface area contributed by atoms with E-state index in [0.717, 1.165) is 43.4 Å². The minimum atomic E-state index is -0.334. The highest BCUT2D eigenvalue weighted by Crippen LogP contribution is 2.46.